The fourth-order valence-corrected chi connectivity index (χ4v) is 2.23. The smallest absolute Gasteiger partial charge is 0.160 e. The highest BCUT2D eigenvalue weighted by atomic mass is 35.5. The molecule has 0 saturated carbocycles. The van der Waals surface area contributed by atoms with Crippen LogP contribution in [-0.2, 0) is 12.4 Å². The minimum Gasteiger partial charge on any atom is -0.311 e. The van der Waals surface area contributed by atoms with Crippen LogP contribution in [0.5, 0.6) is 0 Å². The molecule has 0 fully saturated rings. The van der Waals surface area contributed by atoms with Crippen molar-refractivity contribution in [2.75, 3.05) is 0 Å². The summed E-state index contributed by atoms with van der Waals surface area (Å²) in [6.07, 6.45) is 1.65. The first-order chi connectivity index (χ1) is 8.82. The van der Waals surface area contributed by atoms with Gasteiger partial charge in [0.15, 0.2) is 5.65 Å². The number of alkyl halides is 1. The van der Waals surface area contributed by atoms with E-state index in [1.54, 1.807) is 6.20 Å². The third-order valence-corrected chi connectivity index (χ3v) is 4.13. The molecule has 2 rings (SSSR count). The molecule has 0 bridgehead atoms. The van der Waals surface area contributed by atoms with Gasteiger partial charge in [0.2, 0.25) is 0 Å². The summed E-state index contributed by atoms with van der Waals surface area (Å²) in [5.74, 6) is 1.72. The molecule has 0 aliphatic carbocycles. The zero-order valence-electron chi connectivity index (χ0n) is 11.7. The Morgan fingerprint density at radius 2 is 2.05 bits per heavy atom. The first-order valence-corrected chi connectivity index (χ1v) is 7.31. The van der Waals surface area contributed by atoms with E-state index in [9.17, 15) is 0 Å². The van der Waals surface area contributed by atoms with Gasteiger partial charge in [-0.15, -0.1) is 11.6 Å². The largest absolute Gasteiger partial charge is 0.311 e. The topological polar surface area (TPSA) is 30.7 Å². The van der Waals surface area contributed by atoms with Crippen LogP contribution in [0.1, 0.15) is 33.5 Å². The van der Waals surface area contributed by atoms with Gasteiger partial charge in [0.05, 0.1) is 10.9 Å². The number of fused-ring (bicyclic) bond motifs is 1. The van der Waals surface area contributed by atoms with Crippen LogP contribution >= 0.6 is 23.2 Å². The molecule has 2 aromatic heterocycles. The normalized spacial score (nSPS) is 14.0. The zero-order valence-corrected chi connectivity index (χ0v) is 13.3. The van der Waals surface area contributed by atoms with Crippen molar-refractivity contribution >= 4 is 34.4 Å². The second-order valence-corrected chi connectivity index (χ2v) is 6.74. The standard InChI is InChI=1S/C14H19Cl2N3/c1-9(14(2,3)4)8-19-12(6-15)18-11-5-10(16)7-17-13(11)19/h5,7,9H,6,8H2,1-4H3. The summed E-state index contributed by atoms with van der Waals surface area (Å²) >= 11 is 12.0. The molecule has 0 amide bonds. The fourth-order valence-electron chi connectivity index (χ4n) is 1.87. The number of aromatic nitrogens is 3. The van der Waals surface area contributed by atoms with Gasteiger partial charge in [0.1, 0.15) is 11.3 Å². The molecule has 0 aromatic carbocycles. The summed E-state index contributed by atoms with van der Waals surface area (Å²) in [5, 5.41) is 0.599. The summed E-state index contributed by atoms with van der Waals surface area (Å²) in [4.78, 5) is 8.91. The molecular weight excluding hydrogens is 281 g/mol. The first-order valence-electron chi connectivity index (χ1n) is 6.39. The van der Waals surface area contributed by atoms with Gasteiger partial charge in [-0.05, 0) is 17.4 Å². The van der Waals surface area contributed by atoms with Crippen LogP contribution in [0.4, 0.5) is 0 Å². The van der Waals surface area contributed by atoms with Crippen molar-refractivity contribution in [2.45, 2.75) is 40.1 Å². The molecule has 2 heterocycles. The summed E-state index contributed by atoms with van der Waals surface area (Å²) < 4.78 is 2.11. The van der Waals surface area contributed by atoms with Crippen molar-refractivity contribution < 1.29 is 0 Å². The van der Waals surface area contributed by atoms with Crippen LogP contribution in [0.25, 0.3) is 11.2 Å². The maximum absolute atomic E-state index is 6.00. The Morgan fingerprint density at radius 1 is 1.37 bits per heavy atom. The van der Waals surface area contributed by atoms with E-state index in [1.165, 1.54) is 0 Å². The minimum atomic E-state index is 0.229. The Balaban J connectivity index is 2.46. The Labute approximate surface area is 123 Å². The Bertz CT molecular complexity index is 584. The lowest BCUT2D eigenvalue weighted by atomic mass is 9.82. The highest BCUT2D eigenvalue weighted by molar-refractivity contribution is 6.31. The van der Waals surface area contributed by atoms with Gasteiger partial charge in [-0.3, -0.25) is 0 Å². The minimum absolute atomic E-state index is 0.229. The summed E-state index contributed by atoms with van der Waals surface area (Å²) in [7, 11) is 0. The Kier molecular flexibility index (Phi) is 4.07. The summed E-state index contributed by atoms with van der Waals surface area (Å²) in [6.45, 7) is 9.81. The van der Waals surface area contributed by atoms with E-state index in [2.05, 4.69) is 42.2 Å². The van der Waals surface area contributed by atoms with Crippen LogP contribution < -0.4 is 0 Å². The monoisotopic (exact) mass is 299 g/mol. The van der Waals surface area contributed by atoms with E-state index in [0.29, 0.717) is 16.8 Å². The number of rotatable bonds is 3. The van der Waals surface area contributed by atoms with Gasteiger partial charge >= 0.3 is 0 Å². The van der Waals surface area contributed by atoms with Crippen molar-refractivity contribution in [3.05, 3.63) is 23.1 Å². The molecule has 0 aliphatic rings. The lowest BCUT2D eigenvalue weighted by molar-refractivity contribution is 0.233. The molecule has 0 radical (unpaired) electrons. The highest BCUT2D eigenvalue weighted by Gasteiger charge is 2.22. The van der Waals surface area contributed by atoms with Gasteiger partial charge < -0.3 is 4.57 Å². The molecule has 0 aliphatic heterocycles. The molecule has 3 nitrogen and oxygen atoms in total. The van der Waals surface area contributed by atoms with E-state index in [0.717, 1.165) is 23.5 Å². The van der Waals surface area contributed by atoms with Crippen LogP contribution in [0.15, 0.2) is 12.3 Å². The predicted molar refractivity (Wildman–Crippen MR) is 80.7 cm³/mol. The molecule has 5 heteroatoms. The van der Waals surface area contributed by atoms with Crippen molar-refractivity contribution in [1.82, 2.24) is 14.5 Å². The van der Waals surface area contributed by atoms with E-state index in [1.807, 2.05) is 6.07 Å². The maximum Gasteiger partial charge on any atom is 0.160 e. The number of hydrogen-bond acceptors (Lipinski definition) is 2. The summed E-state index contributed by atoms with van der Waals surface area (Å²) in [6, 6.07) is 1.83. The average Bonchev–Trinajstić information content (AvgIpc) is 2.65. The van der Waals surface area contributed by atoms with E-state index in [-0.39, 0.29) is 5.41 Å². The molecule has 0 spiro atoms. The third-order valence-electron chi connectivity index (χ3n) is 3.68. The third kappa shape index (κ3) is 3.03. The second-order valence-electron chi connectivity index (χ2n) is 6.04. The van der Waals surface area contributed by atoms with Crippen molar-refractivity contribution in [1.29, 1.82) is 0 Å². The predicted octanol–water partition coefficient (Wildman–Crippen LogP) is 4.51. The van der Waals surface area contributed by atoms with Crippen LogP contribution in [0.2, 0.25) is 5.02 Å². The molecule has 1 atom stereocenters. The van der Waals surface area contributed by atoms with Crippen LogP contribution in [0, 0.1) is 11.3 Å². The molecule has 2 aromatic rings. The lowest BCUT2D eigenvalue weighted by Crippen LogP contribution is -2.23. The molecular formula is C14H19Cl2N3. The van der Waals surface area contributed by atoms with Crippen molar-refractivity contribution in [2.24, 2.45) is 11.3 Å². The number of hydrogen-bond donors (Lipinski definition) is 0. The fraction of sp³-hybridized carbons (Fsp3) is 0.571. The quantitative estimate of drug-likeness (QED) is 0.781. The van der Waals surface area contributed by atoms with Gasteiger partial charge in [-0.25, -0.2) is 9.97 Å². The molecule has 19 heavy (non-hydrogen) atoms. The summed E-state index contributed by atoms with van der Waals surface area (Å²) in [5.41, 5.74) is 1.90. The van der Waals surface area contributed by atoms with Gasteiger partial charge in [-0.2, -0.15) is 0 Å². The van der Waals surface area contributed by atoms with Gasteiger partial charge in [0.25, 0.3) is 0 Å². The number of nitrogens with zero attached hydrogens (tertiary/aromatic N) is 3. The first kappa shape index (κ1) is 14.6. The molecule has 104 valence electrons. The van der Waals surface area contributed by atoms with Crippen LogP contribution in [0.3, 0.4) is 0 Å². The Morgan fingerprint density at radius 3 is 2.63 bits per heavy atom. The second kappa shape index (κ2) is 5.29. The lowest BCUT2D eigenvalue weighted by Gasteiger charge is -2.28. The van der Waals surface area contributed by atoms with Gasteiger partial charge in [-0.1, -0.05) is 39.3 Å². The highest BCUT2D eigenvalue weighted by Crippen LogP contribution is 2.29. The molecule has 0 saturated heterocycles. The van der Waals surface area contributed by atoms with Crippen LogP contribution in [-0.4, -0.2) is 14.5 Å². The van der Waals surface area contributed by atoms with E-state index >= 15 is 0 Å². The maximum atomic E-state index is 6.00. The SMILES string of the molecule is CC(Cn1c(CCl)nc2cc(Cl)cnc21)C(C)(C)C. The zero-order chi connectivity index (χ0) is 14.2. The number of pyridine rings is 1. The average molecular weight is 300 g/mol. The molecule has 1 unspecified atom stereocenters. The molecule has 0 N–H and O–H groups in total. The van der Waals surface area contributed by atoms with Crippen molar-refractivity contribution in [3.63, 3.8) is 0 Å². The Hall–Kier alpha value is -0.800. The number of imidazole rings is 1. The van der Waals surface area contributed by atoms with E-state index in [4.69, 9.17) is 23.2 Å². The number of halogens is 2. The van der Waals surface area contributed by atoms with Crippen molar-refractivity contribution in [3.8, 4) is 0 Å². The van der Waals surface area contributed by atoms with E-state index < -0.39 is 0 Å². The van der Waals surface area contributed by atoms with Gasteiger partial charge in [0, 0.05) is 12.7 Å².